The van der Waals surface area contributed by atoms with Gasteiger partial charge in [-0.1, -0.05) is 12.1 Å². The first-order valence-electron chi connectivity index (χ1n) is 8.41. The van der Waals surface area contributed by atoms with Crippen LogP contribution in [0.5, 0.6) is 5.75 Å². The Morgan fingerprint density at radius 1 is 1.09 bits per heavy atom. The molecule has 3 heteroatoms. The van der Waals surface area contributed by atoms with Gasteiger partial charge >= 0.3 is 0 Å². The molecular formula is C19H33NO2. The van der Waals surface area contributed by atoms with Crippen molar-refractivity contribution < 1.29 is 9.84 Å². The van der Waals surface area contributed by atoms with E-state index in [0.717, 1.165) is 37.9 Å². The van der Waals surface area contributed by atoms with Crippen molar-refractivity contribution in [2.24, 2.45) is 0 Å². The van der Waals surface area contributed by atoms with Crippen molar-refractivity contribution in [2.45, 2.75) is 77.5 Å². The summed E-state index contributed by atoms with van der Waals surface area (Å²) in [6.07, 6.45) is 5.23. The predicted molar refractivity (Wildman–Crippen MR) is 93.5 cm³/mol. The molecule has 0 aliphatic rings. The van der Waals surface area contributed by atoms with Gasteiger partial charge in [0.2, 0.25) is 0 Å². The van der Waals surface area contributed by atoms with E-state index in [0.29, 0.717) is 12.1 Å². The van der Waals surface area contributed by atoms with Crippen LogP contribution in [0, 0.1) is 0 Å². The topological polar surface area (TPSA) is 41.5 Å². The number of hydrogen-bond donors (Lipinski definition) is 2. The lowest BCUT2D eigenvalue weighted by molar-refractivity contribution is 0.0674. The number of benzene rings is 1. The molecule has 0 heterocycles. The van der Waals surface area contributed by atoms with Gasteiger partial charge in [-0.15, -0.1) is 0 Å². The van der Waals surface area contributed by atoms with Gasteiger partial charge in [-0.25, -0.2) is 0 Å². The summed E-state index contributed by atoms with van der Waals surface area (Å²) in [7, 11) is 1.69. The van der Waals surface area contributed by atoms with E-state index in [9.17, 15) is 5.11 Å². The van der Waals surface area contributed by atoms with Crippen LogP contribution in [-0.4, -0.2) is 29.9 Å². The molecule has 2 N–H and O–H groups in total. The van der Waals surface area contributed by atoms with Crippen molar-refractivity contribution >= 4 is 0 Å². The highest BCUT2D eigenvalue weighted by molar-refractivity contribution is 5.27. The Hall–Kier alpha value is -1.06. The monoisotopic (exact) mass is 307 g/mol. The number of ether oxygens (including phenoxy) is 1. The molecule has 1 aromatic rings. The number of hydrogen-bond acceptors (Lipinski definition) is 3. The molecule has 0 aromatic heterocycles. The van der Waals surface area contributed by atoms with Crippen LogP contribution in [0.1, 0.15) is 58.9 Å². The molecule has 0 bridgehead atoms. The average molecular weight is 307 g/mol. The van der Waals surface area contributed by atoms with Gasteiger partial charge in [-0.05, 0) is 77.5 Å². The third-order valence-electron chi connectivity index (χ3n) is 4.02. The van der Waals surface area contributed by atoms with Crippen LogP contribution < -0.4 is 10.1 Å². The largest absolute Gasteiger partial charge is 0.497 e. The van der Waals surface area contributed by atoms with Crippen LogP contribution >= 0.6 is 0 Å². The number of rotatable bonds is 10. The van der Waals surface area contributed by atoms with E-state index in [1.165, 1.54) is 5.56 Å². The van der Waals surface area contributed by atoms with Gasteiger partial charge in [-0.2, -0.15) is 0 Å². The Morgan fingerprint density at radius 2 is 1.68 bits per heavy atom. The van der Waals surface area contributed by atoms with Crippen LogP contribution in [-0.2, 0) is 6.42 Å². The zero-order chi connectivity index (χ0) is 16.6. The molecule has 0 fully saturated rings. The molecule has 126 valence electrons. The van der Waals surface area contributed by atoms with Crippen molar-refractivity contribution in [3.63, 3.8) is 0 Å². The highest BCUT2D eigenvalue weighted by atomic mass is 16.5. The predicted octanol–water partition coefficient (Wildman–Crippen LogP) is 3.94. The Bertz CT molecular complexity index is 408. The van der Waals surface area contributed by atoms with E-state index in [4.69, 9.17) is 4.74 Å². The van der Waals surface area contributed by atoms with Crippen LogP contribution in [0.4, 0.5) is 0 Å². The van der Waals surface area contributed by atoms with Gasteiger partial charge in [0.25, 0.3) is 0 Å². The lowest BCUT2D eigenvalue weighted by atomic mass is 9.99. The highest BCUT2D eigenvalue weighted by Crippen LogP contribution is 2.15. The molecule has 0 spiro atoms. The molecule has 22 heavy (non-hydrogen) atoms. The number of nitrogens with one attached hydrogen (secondary N) is 1. The quantitative estimate of drug-likeness (QED) is 0.688. The molecular weight excluding hydrogens is 274 g/mol. The minimum Gasteiger partial charge on any atom is -0.497 e. The number of aryl methyl sites for hydroxylation is 1. The molecule has 0 saturated heterocycles. The van der Waals surface area contributed by atoms with Crippen LogP contribution in [0.15, 0.2) is 24.3 Å². The summed E-state index contributed by atoms with van der Waals surface area (Å²) in [5, 5.41) is 13.4. The highest BCUT2D eigenvalue weighted by Gasteiger charge is 2.13. The van der Waals surface area contributed by atoms with Gasteiger partial charge in [0.15, 0.2) is 0 Å². The van der Waals surface area contributed by atoms with E-state index >= 15 is 0 Å². The summed E-state index contributed by atoms with van der Waals surface area (Å²) in [4.78, 5) is 0. The van der Waals surface area contributed by atoms with Crippen molar-refractivity contribution in [3.05, 3.63) is 29.8 Å². The zero-order valence-electron chi connectivity index (χ0n) is 14.9. The number of aliphatic hydroxyl groups is 1. The lowest BCUT2D eigenvalue weighted by Gasteiger charge is -2.22. The minimum atomic E-state index is -0.542. The maximum absolute atomic E-state index is 9.73. The summed E-state index contributed by atoms with van der Waals surface area (Å²) >= 11 is 0. The number of methoxy groups -OCH3 is 1. The fourth-order valence-electron chi connectivity index (χ4n) is 2.67. The standard InChI is InChI=1S/C19H33NO2/c1-15(7-6-14-19(3,4)21)20-16(2)8-9-17-10-12-18(22-5)13-11-17/h10-13,15-16,20-21H,6-9,14H2,1-5H3/t15-,16+/m1/s1. The maximum Gasteiger partial charge on any atom is 0.118 e. The summed E-state index contributed by atoms with van der Waals surface area (Å²) in [5.41, 5.74) is 0.809. The molecule has 0 unspecified atom stereocenters. The van der Waals surface area contributed by atoms with Crippen molar-refractivity contribution in [1.82, 2.24) is 5.32 Å². The Kier molecular flexibility index (Phi) is 7.91. The van der Waals surface area contributed by atoms with Crippen LogP contribution in [0.25, 0.3) is 0 Å². The summed E-state index contributed by atoms with van der Waals surface area (Å²) in [6.45, 7) is 8.23. The Morgan fingerprint density at radius 3 is 2.23 bits per heavy atom. The van der Waals surface area contributed by atoms with Crippen molar-refractivity contribution in [3.8, 4) is 5.75 Å². The first-order valence-corrected chi connectivity index (χ1v) is 8.41. The first kappa shape index (κ1) is 19.0. The van der Waals surface area contributed by atoms with E-state index in [2.05, 4.69) is 31.3 Å². The normalized spacial score (nSPS) is 14.6. The van der Waals surface area contributed by atoms with Gasteiger partial charge < -0.3 is 15.2 Å². The molecule has 0 aliphatic heterocycles. The second kappa shape index (κ2) is 9.16. The Balaban J connectivity index is 2.22. The second-order valence-corrected chi connectivity index (χ2v) is 7.06. The van der Waals surface area contributed by atoms with Crippen LogP contribution in [0.3, 0.4) is 0 Å². The van der Waals surface area contributed by atoms with E-state index < -0.39 is 5.60 Å². The van der Waals surface area contributed by atoms with Crippen molar-refractivity contribution in [1.29, 1.82) is 0 Å². The van der Waals surface area contributed by atoms with E-state index in [1.54, 1.807) is 7.11 Å². The van der Waals surface area contributed by atoms with Gasteiger partial charge in [0.05, 0.1) is 12.7 Å². The van der Waals surface area contributed by atoms with Gasteiger partial charge in [-0.3, -0.25) is 0 Å². The summed E-state index contributed by atoms with van der Waals surface area (Å²) in [6, 6.07) is 9.31. The molecule has 1 rings (SSSR count). The summed E-state index contributed by atoms with van der Waals surface area (Å²) < 4.78 is 5.18. The Labute approximate surface area is 136 Å². The second-order valence-electron chi connectivity index (χ2n) is 7.06. The van der Waals surface area contributed by atoms with Gasteiger partial charge in [0.1, 0.15) is 5.75 Å². The smallest absolute Gasteiger partial charge is 0.118 e. The third kappa shape index (κ3) is 8.40. The molecule has 0 aliphatic carbocycles. The molecule has 1 aromatic carbocycles. The maximum atomic E-state index is 9.73. The zero-order valence-corrected chi connectivity index (χ0v) is 14.9. The van der Waals surface area contributed by atoms with E-state index in [1.807, 2.05) is 26.0 Å². The molecule has 2 atom stereocenters. The molecule has 0 radical (unpaired) electrons. The summed E-state index contributed by atoms with van der Waals surface area (Å²) in [5.74, 6) is 0.912. The lowest BCUT2D eigenvalue weighted by Crippen LogP contribution is -2.35. The average Bonchev–Trinajstić information content (AvgIpc) is 2.44. The minimum absolute atomic E-state index is 0.494. The third-order valence-corrected chi connectivity index (χ3v) is 4.02. The molecule has 3 nitrogen and oxygen atoms in total. The van der Waals surface area contributed by atoms with E-state index in [-0.39, 0.29) is 0 Å². The molecule has 0 saturated carbocycles. The fraction of sp³-hybridized carbons (Fsp3) is 0.684. The fourth-order valence-corrected chi connectivity index (χ4v) is 2.67. The first-order chi connectivity index (χ1) is 10.3. The van der Waals surface area contributed by atoms with Gasteiger partial charge in [0, 0.05) is 12.1 Å². The SMILES string of the molecule is COc1ccc(CC[C@H](C)N[C@H](C)CCCC(C)(C)O)cc1. The van der Waals surface area contributed by atoms with Crippen molar-refractivity contribution in [2.75, 3.05) is 7.11 Å². The molecule has 0 amide bonds. The van der Waals surface area contributed by atoms with Crippen LogP contribution in [0.2, 0.25) is 0 Å².